The third kappa shape index (κ3) is 7.06. The molecule has 2 aromatic rings. The van der Waals surface area contributed by atoms with Gasteiger partial charge in [0.25, 0.3) is 5.91 Å². The van der Waals surface area contributed by atoms with Crippen LogP contribution in [0.1, 0.15) is 59.0 Å². The van der Waals surface area contributed by atoms with Crippen molar-refractivity contribution in [1.82, 2.24) is 15.6 Å². The van der Waals surface area contributed by atoms with Crippen LogP contribution in [-0.2, 0) is 4.79 Å². The molecule has 0 spiro atoms. The Bertz CT molecular complexity index is 913. The van der Waals surface area contributed by atoms with Crippen molar-refractivity contribution in [3.63, 3.8) is 0 Å². The molecule has 1 unspecified atom stereocenters. The number of carboxylic acid groups (broad SMARTS) is 1. The van der Waals surface area contributed by atoms with E-state index in [0.717, 1.165) is 44.3 Å². The Morgan fingerprint density at radius 1 is 1.26 bits per heavy atom. The Kier molecular flexibility index (Phi) is 8.40. The van der Waals surface area contributed by atoms with Gasteiger partial charge in [0.1, 0.15) is 4.88 Å². The monoisotopic (exact) mass is 443 g/mol. The number of benzene rings is 1. The molecule has 0 aliphatic carbocycles. The fraction of sp³-hybridized carbons (Fsp3) is 0.455. The van der Waals surface area contributed by atoms with Crippen LogP contribution in [0.4, 0.5) is 5.13 Å². The van der Waals surface area contributed by atoms with Gasteiger partial charge in [-0.3, -0.25) is 14.6 Å². The van der Waals surface area contributed by atoms with E-state index in [1.54, 1.807) is 0 Å². The second-order valence-electron chi connectivity index (χ2n) is 7.53. The average Bonchev–Trinajstić information content (AvgIpc) is 3.13. The van der Waals surface area contributed by atoms with Gasteiger partial charge in [-0.1, -0.05) is 48.1 Å². The number of nitrogens with one attached hydrogen (secondary N) is 3. The number of rotatable bonds is 10. The molecule has 0 radical (unpaired) electrons. The van der Waals surface area contributed by atoms with Gasteiger partial charge >= 0.3 is 5.97 Å². The van der Waals surface area contributed by atoms with E-state index >= 15 is 0 Å². The van der Waals surface area contributed by atoms with Crippen LogP contribution in [0.3, 0.4) is 0 Å². The summed E-state index contributed by atoms with van der Waals surface area (Å²) >= 11 is 1.31. The molecule has 1 aliphatic heterocycles. The molecular formula is C22H29N5O3S. The number of aliphatic imine (C=N–C) groups is 1. The number of hydrogen-bond acceptors (Lipinski definition) is 7. The predicted octanol–water partition coefficient (Wildman–Crippen LogP) is 3.37. The maximum atomic E-state index is 12.5. The Morgan fingerprint density at radius 3 is 2.77 bits per heavy atom. The van der Waals surface area contributed by atoms with Crippen LogP contribution in [-0.4, -0.2) is 47.6 Å². The molecule has 0 bridgehead atoms. The second-order valence-corrected chi connectivity index (χ2v) is 8.53. The quantitative estimate of drug-likeness (QED) is 0.419. The summed E-state index contributed by atoms with van der Waals surface area (Å²) in [5.74, 6) is -0.238. The zero-order chi connectivity index (χ0) is 22.1. The van der Waals surface area contributed by atoms with Gasteiger partial charge < -0.3 is 21.1 Å². The highest BCUT2D eigenvalue weighted by molar-refractivity contribution is 7.17. The molecule has 0 fully saturated rings. The zero-order valence-electron chi connectivity index (χ0n) is 17.7. The lowest BCUT2D eigenvalue weighted by Crippen LogP contribution is -2.35. The molecule has 8 nitrogen and oxygen atoms in total. The smallest absolute Gasteiger partial charge is 0.303 e. The molecule has 4 N–H and O–H groups in total. The zero-order valence-corrected chi connectivity index (χ0v) is 18.5. The van der Waals surface area contributed by atoms with E-state index in [1.165, 1.54) is 11.3 Å². The predicted molar refractivity (Wildman–Crippen MR) is 123 cm³/mol. The minimum absolute atomic E-state index is 0.0110. The number of aryl methyl sites for hydroxylation is 1. The normalized spacial score (nSPS) is 14.3. The van der Waals surface area contributed by atoms with Crippen LogP contribution in [0, 0.1) is 6.92 Å². The number of hydrogen-bond donors (Lipinski definition) is 4. The summed E-state index contributed by atoms with van der Waals surface area (Å²) in [6.07, 6.45) is 3.53. The maximum Gasteiger partial charge on any atom is 0.303 e. The van der Waals surface area contributed by atoms with Gasteiger partial charge in [-0.2, -0.15) is 0 Å². The van der Waals surface area contributed by atoms with Crippen molar-refractivity contribution >= 4 is 34.3 Å². The number of nitrogens with zero attached hydrogens (tertiary/aromatic N) is 2. The van der Waals surface area contributed by atoms with Gasteiger partial charge in [0.2, 0.25) is 0 Å². The molecular weight excluding hydrogens is 414 g/mol. The molecule has 166 valence electrons. The van der Waals surface area contributed by atoms with E-state index < -0.39 is 5.97 Å². The average molecular weight is 444 g/mol. The first-order chi connectivity index (χ1) is 15.0. The molecule has 31 heavy (non-hydrogen) atoms. The third-order valence-electron chi connectivity index (χ3n) is 5.08. The Balaban J connectivity index is 1.44. The number of thiazole rings is 1. The highest BCUT2D eigenvalue weighted by Gasteiger charge is 2.17. The Labute approximate surface area is 186 Å². The molecule has 1 amide bonds. The third-order valence-corrected chi connectivity index (χ3v) is 6.15. The highest BCUT2D eigenvalue weighted by Crippen LogP contribution is 2.26. The first-order valence-electron chi connectivity index (χ1n) is 10.6. The molecule has 3 rings (SSSR count). The number of anilines is 1. The summed E-state index contributed by atoms with van der Waals surface area (Å²) < 4.78 is 0. The molecule has 1 atom stereocenters. The van der Waals surface area contributed by atoms with Crippen molar-refractivity contribution in [1.29, 1.82) is 0 Å². The van der Waals surface area contributed by atoms with Crippen LogP contribution in [0.15, 0.2) is 35.3 Å². The fourth-order valence-electron chi connectivity index (χ4n) is 3.50. The van der Waals surface area contributed by atoms with Crippen LogP contribution >= 0.6 is 11.3 Å². The Hall–Kier alpha value is -2.94. The first-order valence-corrected chi connectivity index (χ1v) is 11.4. The van der Waals surface area contributed by atoms with Gasteiger partial charge in [0.05, 0.1) is 12.1 Å². The summed E-state index contributed by atoms with van der Waals surface area (Å²) in [5.41, 5.74) is 1.73. The van der Waals surface area contributed by atoms with Crippen molar-refractivity contribution in [3.05, 3.63) is 46.5 Å². The van der Waals surface area contributed by atoms with Crippen LogP contribution < -0.4 is 16.0 Å². The van der Waals surface area contributed by atoms with Gasteiger partial charge in [0, 0.05) is 19.6 Å². The van der Waals surface area contributed by atoms with Gasteiger partial charge in [0.15, 0.2) is 11.1 Å². The van der Waals surface area contributed by atoms with Gasteiger partial charge in [-0.15, -0.1) is 0 Å². The minimum atomic E-state index is -0.790. The number of aromatic nitrogens is 1. The standard InChI is InChI=1S/C22H29N5O3S/c1-15-19(31-22(26-15)27-21-24-12-7-13-25-21)20(30)23-11-6-5-10-17(14-18(28)29)16-8-3-2-4-9-16/h2-4,8-9,17H,5-7,10-14H2,1H3,(H,23,30)(H,28,29)(H2,24,25,26,27). The van der Waals surface area contributed by atoms with E-state index in [-0.39, 0.29) is 18.2 Å². The number of unbranched alkanes of at least 4 members (excludes halogenated alkanes) is 1. The number of carbonyl (C=O) groups excluding carboxylic acids is 1. The van der Waals surface area contributed by atoms with Crippen molar-refractivity contribution in [2.24, 2.45) is 4.99 Å². The van der Waals surface area contributed by atoms with Crippen LogP contribution in [0.2, 0.25) is 0 Å². The largest absolute Gasteiger partial charge is 0.481 e. The molecule has 0 saturated carbocycles. The summed E-state index contributed by atoms with van der Waals surface area (Å²) in [7, 11) is 0. The van der Waals surface area contributed by atoms with E-state index in [4.69, 9.17) is 0 Å². The fourth-order valence-corrected chi connectivity index (χ4v) is 4.38. The molecule has 1 aromatic heterocycles. The number of carbonyl (C=O) groups is 2. The topological polar surface area (TPSA) is 116 Å². The number of guanidine groups is 1. The van der Waals surface area contributed by atoms with Gasteiger partial charge in [-0.25, -0.2) is 4.98 Å². The molecule has 0 saturated heterocycles. The number of amides is 1. The lowest BCUT2D eigenvalue weighted by atomic mass is 9.90. The first kappa shape index (κ1) is 22.7. The molecule has 1 aliphatic rings. The highest BCUT2D eigenvalue weighted by atomic mass is 32.1. The van der Waals surface area contributed by atoms with Crippen LogP contribution in [0.5, 0.6) is 0 Å². The van der Waals surface area contributed by atoms with Gasteiger partial charge in [-0.05, 0) is 37.7 Å². The SMILES string of the molecule is Cc1nc(NC2=NCCCN2)sc1C(=O)NCCCCC(CC(=O)O)c1ccccc1. The second kappa shape index (κ2) is 11.5. The van der Waals surface area contributed by atoms with Crippen molar-refractivity contribution < 1.29 is 14.7 Å². The summed E-state index contributed by atoms with van der Waals surface area (Å²) in [6, 6.07) is 9.74. The maximum absolute atomic E-state index is 12.5. The molecule has 9 heteroatoms. The van der Waals surface area contributed by atoms with E-state index in [2.05, 4.69) is 25.9 Å². The Morgan fingerprint density at radius 2 is 2.06 bits per heavy atom. The number of carboxylic acids is 1. The van der Waals surface area contributed by atoms with E-state index in [9.17, 15) is 14.7 Å². The van der Waals surface area contributed by atoms with Crippen molar-refractivity contribution in [3.8, 4) is 0 Å². The molecule has 2 heterocycles. The minimum Gasteiger partial charge on any atom is -0.481 e. The summed E-state index contributed by atoms with van der Waals surface area (Å²) in [6.45, 7) is 4.02. The molecule has 1 aromatic carbocycles. The lowest BCUT2D eigenvalue weighted by Gasteiger charge is -2.15. The van der Waals surface area contributed by atoms with E-state index in [1.807, 2.05) is 37.3 Å². The summed E-state index contributed by atoms with van der Waals surface area (Å²) in [5, 5.41) is 19.1. The summed E-state index contributed by atoms with van der Waals surface area (Å²) in [4.78, 5) is 33.1. The van der Waals surface area contributed by atoms with Crippen molar-refractivity contribution in [2.75, 3.05) is 25.0 Å². The number of aliphatic carboxylic acids is 1. The van der Waals surface area contributed by atoms with E-state index in [0.29, 0.717) is 28.2 Å². The lowest BCUT2D eigenvalue weighted by molar-refractivity contribution is -0.137. The van der Waals surface area contributed by atoms with Crippen molar-refractivity contribution in [2.45, 2.75) is 44.9 Å². The van der Waals surface area contributed by atoms with Crippen LogP contribution in [0.25, 0.3) is 0 Å².